The molecule has 1 atom stereocenters. The summed E-state index contributed by atoms with van der Waals surface area (Å²) in [5.74, 6) is 0.656. The Kier molecular flexibility index (Phi) is 7.72. The number of aliphatic hydroxyl groups is 2. The summed E-state index contributed by atoms with van der Waals surface area (Å²) >= 11 is 0. The lowest BCUT2D eigenvalue weighted by Crippen LogP contribution is -2.22. The third-order valence-electron chi connectivity index (χ3n) is 3.11. The van der Waals surface area contributed by atoms with E-state index in [0.29, 0.717) is 12.5 Å². The molecule has 0 heterocycles. The lowest BCUT2D eigenvalue weighted by Gasteiger charge is -2.13. The van der Waals surface area contributed by atoms with Crippen molar-refractivity contribution in [1.29, 1.82) is 0 Å². The van der Waals surface area contributed by atoms with Gasteiger partial charge in [0.2, 0.25) is 0 Å². The van der Waals surface area contributed by atoms with E-state index in [9.17, 15) is 5.11 Å². The average molecular weight is 265 g/mol. The summed E-state index contributed by atoms with van der Waals surface area (Å²) in [5, 5.41) is 21.9. The zero-order valence-corrected chi connectivity index (χ0v) is 12.1. The van der Waals surface area contributed by atoms with Gasteiger partial charge < -0.3 is 15.5 Å². The topological polar surface area (TPSA) is 52.5 Å². The molecule has 0 spiro atoms. The first-order valence-electron chi connectivity index (χ1n) is 7.22. The molecule has 3 nitrogen and oxygen atoms in total. The fourth-order valence-corrected chi connectivity index (χ4v) is 2.07. The van der Waals surface area contributed by atoms with E-state index < -0.39 is 6.10 Å². The highest BCUT2D eigenvalue weighted by atomic mass is 16.3. The normalized spacial score (nSPS) is 12.9. The number of benzene rings is 1. The second kappa shape index (κ2) is 9.08. The molecule has 0 saturated carbocycles. The lowest BCUT2D eigenvalue weighted by atomic mass is 10.0. The molecule has 0 aliphatic rings. The highest BCUT2D eigenvalue weighted by molar-refractivity contribution is 5.24. The van der Waals surface area contributed by atoms with E-state index in [1.54, 1.807) is 0 Å². The number of nitrogens with one attached hydrogen (secondary N) is 1. The maximum Gasteiger partial charge on any atom is 0.0914 e. The first-order valence-corrected chi connectivity index (χ1v) is 7.22. The molecule has 108 valence electrons. The smallest absolute Gasteiger partial charge is 0.0914 e. The van der Waals surface area contributed by atoms with Gasteiger partial charge in [0, 0.05) is 13.2 Å². The molecule has 1 unspecified atom stereocenters. The summed E-state index contributed by atoms with van der Waals surface area (Å²) in [7, 11) is 0. The zero-order valence-electron chi connectivity index (χ0n) is 12.1. The van der Waals surface area contributed by atoms with Gasteiger partial charge in [0.05, 0.1) is 6.10 Å². The van der Waals surface area contributed by atoms with Crippen molar-refractivity contribution in [3.63, 3.8) is 0 Å². The van der Waals surface area contributed by atoms with Crippen LogP contribution in [0.5, 0.6) is 0 Å². The first-order chi connectivity index (χ1) is 9.13. The van der Waals surface area contributed by atoms with Gasteiger partial charge in [0.1, 0.15) is 0 Å². The van der Waals surface area contributed by atoms with Gasteiger partial charge >= 0.3 is 0 Å². The van der Waals surface area contributed by atoms with E-state index in [1.165, 1.54) is 5.56 Å². The molecule has 3 N–H and O–H groups in total. The molecule has 1 aromatic carbocycles. The molecule has 0 bridgehead atoms. The van der Waals surface area contributed by atoms with Crippen molar-refractivity contribution in [3.05, 3.63) is 35.4 Å². The van der Waals surface area contributed by atoms with Gasteiger partial charge in [-0.3, -0.25) is 0 Å². The minimum absolute atomic E-state index is 0.238. The number of unbranched alkanes of at least 4 members (excludes halogenated alkanes) is 1. The van der Waals surface area contributed by atoms with E-state index in [2.05, 4.69) is 31.3 Å². The van der Waals surface area contributed by atoms with Crippen LogP contribution in [0.4, 0.5) is 0 Å². The van der Waals surface area contributed by atoms with Crippen molar-refractivity contribution in [2.24, 2.45) is 5.92 Å². The molecular formula is C16H27NO2. The third kappa shape index (κ3) is 6.71. The quantitative estimate of drug-likeness (QED) is 0.600. The molecule has 0 aromatic heterocycles. The van der Waals surface area contributed by atoms with Crippen LogP contribution < -0.4 is 5.32 Å². The van der Waals surface area contributed by atoms with Crippen LogP contribution in [-0.2, 0) is 6.42 Å². The van der Waals surface area contributed by atoms with E-state index in [4.69, 9.17) is 5.11 Å². The number of hydrogen-bond acceptors (Lipinski definition) is 3. The Bertz CT molecular complexity index is 335. The van der Waals surface area contributed by atoms with Crippen molar-refractivity contribution < 1.29 is 10.2 Å². The predicted molar refractivity (Wildman–Crippen MR) is 79.1 cm³/mol. The van der Waals surface area contributed by atoms with E-state index in [-0.39, 0.29) is 6.61 Å². The van der Waals surface area contributed by atoms with Gasteiger partial charge in [0.15, 0.2) is 0 Å². The molecule has 0 aliphatic carbocycles. The summed E-state index contributed by atoms with van der Waals surface area (Å²) < 4.78 is 0. The van der Waals surface area contributed by atoms with Gasteiger partial charge in [-0.15, -0.1) is 0 Å². The third-order valence-corrected chi connectivity index (χ3v) is 3.11. The van der Waals surface area contributed by atoms with Gasteiger partial charge in [-0.1, -0.05) is 38.1 Å². The number of hydrogen-bond donors (Lipinski definition) is 3. The Labute approximate surface area is 116 Å². The number of rotatable bonds is 9. The molecule has 3 heteroatoms. The standard InChI is InChI=1S/C16H27NO2/c1-13(2)11-14-5-7-15(8-6-14)16(19)12-17-9-3-4-10-18/h5-8,13,16-19H,3-4,9-12H2,1-2H3. The van der Waals surface area contributed by atoms with Crippen LogP contribution in [0.15, 0.2) is 24.3 Å². The molecule has 0 radical (unpaired) electrons. The van der Waals surface area contributed by atoms with Crippen LogP contribution in [0.25, 0.3) is 0 Å². The van der Waals surface area contributed by atoms with Crippen LogP contribution in [0.1, 0.15) is 43.9 Å². The highest BCUT2D eigenvalue weighted by Crippen LogP contribution is 2.15. The lowest BCUT2D eigenvalue weighted by molar-refractivity contribution is 0.174. The minimum Gasteiger partial charge on any atom is -0.396 e. The van der Waals surface area contributed by atoms with Crippen molar-refractivity contribution >= 4 is 0 Å². The van der Waals surface area contributed by atoms with Crippen LogP contribution in [0.2, 0.25) is 0 Å². The molecule has 0 fully saturated rings. The van der Waals surface area contributed by atoms with Crippen molar-refractivity contribution in [1.82, 2.24) is 5.32 Å². The maximum absolute atomic E-state index is 10.0. The van der Waals surface area contributed by atoms with Gasteiger partial charge in [0.25, 0.3) is 0 Å². The molecule has 1 aromatic rings. The predicted octanol–water partition coefficient (Wildman–Crippen LogP) is 2.28. The summed E-state index contributed by atoms with van der Waals surface area (Å²) in [4.78, 5) is 0. The molecular weight excluding hydrogens is 238 g/mol. The average Bonchev–Trinajstić information content (AvgIpc) is 2.38. The van der Waals surface area contributed by atoms with Crippen molar-refractivity contribution in [2.45, 2.75) is 39.2 Å². The van der Waals surface area contributed by atoms with E-state index in [0.717, 1.165) is 31.4 Å². The van der Waals surface area contributed by atoms with Crippen LogP contribution in [0.3, 0.4) is 0 Å². The zero-order chi connectivity index (χ0) is 14.1. The summed E-state index contributed by atoms with van der Waals surface area (Å²) in [6.07, 6.45) is 2.38. The van der Waals surface area contributed by atoms with Gasteiger partial charge in [-0.05, 0) is 42.9 Å². The molecule has 0 aliphatic heterocycles. The Balaban J connectivity index is 2.33. The van der Waals surface area contributed by atoms with Crippen LogP contribution >= 0.6 is 0 Å². The SMILES string of the molecule is CC(C)Cc1ccc(C(O)CNCCCCO)cc1. The van der Waals surface area contributed by atoms with Crippen molar-refractivity contribution in [2.75, 3.05) is 19.7 Å². The molecule has 19 heavy (non-hydrogen) atoms. The monoisotopic (exact) mass is 265 g/mol. The fourth-order valence-electron chi connectivity index (χ4n) is 2.07. The minimum atomic E-state index is -0.456. The Morgan fingerprint density at radius 3 is 2.37 bits per heavy atom. The second-order valence-electron chi connectivity index (χ2n) is 5.49. The van der Waals surface area contributed by atoms with Crippen LogP contribution in [0, 0.1) is 5.92 Å². The first kappa shape index (κ1) is 16.2. The van der Waals surface area contributed by atoms with Gasteiger partial charge in [-0.25, -0.2) is 0 Å². The Morgan fingerprint density at radius 1 is 1.11 bits per heavy atom. The summed E-state index contributed by atoms with van der Waals surface area (Å²) in [6, 6.07) is 8.23. The van der Waals surface area contributed by atoms with Crippen LogP contribution in [-0.4, -0.2) is 29.9 Å². The summed E-state index contributed by atoms with van der Waals surface area (Å²) in [5.41, 5.74) is 2.28. The van der Waals surface area contributed by atoms with E-state index in [1.807, 2.05) is 12.1 Å². The number of aliphatic hydroxyl groups excluding tert-OH is 2. The fraction of sp³-hybridized carbons (Fsp3) is 0.625. The van der Waals surface area contributed by atoms with E-state index >= 15 is 0 Å². The largest absolute Gasteiger partial charge is 0.396 e. The van der Waals surface area contributed by atoms with Gasteiger partial charge in [-0.2, -0.15) is 0 Å². The highest BCUT2D eigenvalue weighted by Gasteiger charge is 2.07. The molecule has 1 rings (SSSR count). The maximum atomic E-state index is 10.0. The molecule has 0 saturated heterocycles. The Morgan fingerprint density at radius 2 is 1.79 bits per heavy atom. The Hall–Kier alpha value is -0.900. The molecule has 0 amide bonds. The summed E-state index contributed by atoms with van der Waals surface area (Å²) in [6.45, 7) is 6.05. The second-order valence-corrected chi connectivity index (χ2v) is 5.49. The van der Waals surface area contributed by atoms with Crippen molar-refractivity contribution in [3.8, 4) is 0 Å².